The Morgan fingerprint density at radius 2 is 2.09 bits per heavy atom. The standard InChI is InChI=1S/C15H24N6O/c1-21-14-12(10-17-21)13(18-11-6-4-3-5-7-11)19-15(20-14)16-8-9-22-2/h10-11H,3-9H2,1-2H3,(H2,16,18,19,20). The second-order valence-corrected chi connectivity index (χ2v) is 5.80. The van der Waals surface area contributed by atoms with Crippen molar-refractivity contribution in [3.63, 3.8) is 0 Å². The Morgan fingerprint density at radius 1 is 1.27 bits per heavy atom. The number of ether oxygens (including phenoxy) is 1. The van der Waals surface area contributed by atoms with E-state index in [0.717, 1.165) is 16.9 Å². The first-order chi connectivity index (χ1) is 10.8. The topological polar surface area (TPSA) is 76.9 Å². The van der Waals surface area contributed by atoms with Crippen molar-refractivity contribution in [1.29, 1.82) is 0 Å². The summed E-state index contributed by atoms with van der Waals surface area (Å²) < 4.78 is 6.84. The van der Waals surface area contributed by atoms with Gasteiger partial charge in [0, 0.05) is 26.7 Å². The first-order valence-electron chi connectivity index (χ1n) is 7.97. The van der Waals surface area contributed by atoms with Gasteiger partial charge in [-0.25, -0.2) is 0 Å². The van der Waals surface area contributed by atoms with Gasteiger partial charge in [-0.3, -0.25) is 4.68 Å². The van der Waals surface area contributed by atoms with Crippen LogP contribution in [0.3, 0.4) is 0 Å². The molecule has 0 radical (unpaired) electrons. The van der Waals surface area contributed by atoms with E-state index in [2.05, 4.69) is 25.7 Å². The van der Waals surface area contributed by atoms with Crippen LogP contribution in [0.4, 0.5) is 11.8 Å². The number of nitrogens with zero attached hydrogens (tertiary/aromatic N) is 4. The minimum absolute atomic E-state index is 0.499. The van der Waals surface area contributed by atoms with Crippen molar-refractivity contribution in [2.24, 2.45) is 7.05 Å². The Hall–Kier alpha value is -1.89. The molecule has 1 saturated carbocycles. The van der Waals surface area contributed by atoms with Crippen molar-refractivity contribution in [2.45, 2.75) is 38.1 Å². The van der Waals surface area contributed by atoms with Crippen LogP contribution in [0.2, 0.25) is 0 Å². The van der Waals surface area contributed by atoms with Crippen molar-refractivity contribution in [2.75, 3.05) is 30.9 Å². The summed E-state index contributed by atoms with van der Waals surface area (Å²) in [5.41, 5.74) is 0.841. The lowest BCUT2D eigenvalue weighted by Crippen LogP contribution is -2.23. The van der Waals surface area contributed by atoms with E-state index in [1.807, 2.05) is 13.2 Å². The lowest BCUT2D eigenvalue weighted by atomic mass is 9.95. The third-order valence-corrected chi connectivity index (χ3v) is 4.13. The van der Waals surface area contributed by atoms with Crippen molar-refractivity contribution in [1.82, 2.24) is 19.7 Å². The fraction of sp³-hybridized carbons (Fsp3) is 0.667. The Balaban J connectivity index is 1.85. The first-order valence-corrected chi connectivity index (χ1v) is 7.97. The summed E-state index contributed by atoms with van der Waals surface area (Å²) in [6.45, 7) is 1.31. The number of aryl methyl sites for hydroxylation is 1. The van der Waals surface area contributed by atoms with Crippen molar-refractivity contribution in [3.8, 4) is 0 Å². The van der Waals surface area contributed by atoms with Gasteiger partial charge in [-0.05, 0) is 12.8 Å². The van der Waals surface area contributed by atoms with E-state index in [-0.39, 0.29) is 0 Å². The van der Waals surface area contributed by atoms with E-state index in [9.17, 15) is 0 Å². The Morgan fingerprint density at radius 3 is 2.86 bits per heavy atom. The van der Waals surface area contributed by atoms with E-state index >= 15 is 0 Å². The Bertz CT molecular complexity index is 620. The van der Waals surface area contributed by atoms with Crippen LogP contribution in [-0.2, 0) is 11.8 Å². The zero-order chi connectivity index (χ0) is 15.4. The maximum Gasteiger partial charge on any atom is 0.226 e. The Kier molecular flexibility index (Phi) is 4.72. The maximum absolute atomic E-state index is 5.06. The van der Waals surface area contributed by atoms with Gasteiger partial charge < -0.3 is 15.4 Å². The predicted molar refractivity (Wildman–Crippen MR) is 87.2 cm³/mol. The van der Waals surface area contributed by atoms with Crippen LogP contribution >= 0.6 is 0 Å². The van der Waals surface area contributed by atoms with Crippen LogP contribution in [0.15, 0.2) is 6.20 Å². The number of hydrogen-bond acceptors (Lipinski definition) is 6. The van der Waals surface area contributed by atoms with Gasteiger partial charge in [0.2, 0.25) is 5.95 Å². The monoisotopic (exact) mass is 304 g/mol. The van der Waals surface area contributed by atoms with Gasteiger partial charge in [0.05, 0.1) is 18.2 Å². The molecule has 2 heterocycles. The van der Waals surface area contributed by atoms with Gasteiger partial charge in [0.15, 0.2) is 5.65 Å². The smallest absolute Gasteiger partial charge is 0.226 e. The molecule has 22 heavy (non-hydrogen) atoms. The summed E-state index contributed by atoms with van der Waals surface area (Å²) in [6, 6.07) is 0.499. The van der Waals surface area contributed by atoms with Gasteiger partial charge >= 0.3 is 0 Å². The van der Waals surface area contributed by atoms with Gasteiger partial charge in [0.25, 0.3) is 0 Å². The highest BCUT2D eigenvalue weighted by Crippen LogP contribution is 2.26. The molecule has 0 aliphatic heterocycles. The van der Waals surface area contributed by atoms with Gasteiger partial charge in [-0.1, -0.05) is 19.3 Å². The van der Waals surface area contributed by atoms with E-state index in [1.54, 1.807) is 11.8 Å². The largest absolute Gasteiger partial charge is 0.383 e. The molecule has 7 nitrogen and oxygen atoms in total. The molecule has 0 saturated heterocycles. The highest BCUT2D eigenvalue weighted by molar-refractivity contribution is 5.87. The molecular formula is C15H24N6O. The van der Waals surface area contributed by atoms with Crippen LogP contribution < -0.4 is 10.6 Å². The van der Waals surface area contributed by atoms with Crippen molar-refractivity contribution in [3.05, 3.63) is 6.20 Å². The van der Waals surface area contributed by atoms with Crippen LogP contribution in [0.1, 0.15) is 32.1 Å². The molecule has 2 aromatic heterocycles. The molecule has 2 aromatic rings. The van der Waals surface area contributed by atoms with Crippen molar-refractivity contribution >= 4 is 22.8 Å². The van der Waals surface area contributed by atoms with Gasteiger partial charge in [0.1, 0.15) is 5.82 Å². The molecule has 0 aromatic carbocycles. The molecule has 0 bridgehead atoms. The zero-order valence-corrected chi connectivity index (χ0v) is 13.3. The summed E-state index contributed by atoms with van der Waals surface area (Å²) in [4.78, 5) is 9.18. The third-order valence-electron chi connectivity index (χ3n) is 4.13. The van der Waals surface area contributed by atoms with E-state index < -0.39 is 0 Å². The highest BCUT2D eigenvalue weighted by atomic mass is 16.5. The minimum Gasteiger partial charge on any atom is -0.383 e. The average molecular weight is 304 g/mol. The second kappa shape index (κ2) is 6.91. The minimum atomic E-state index is 0.499. The Labute approximate surface area is 130 Å². The molecule has 3 rings (SSSR count). The van der Waals surface area contributed by atoms with E-state index in [4.69, 9.17) is 4.74 Å². The number of anilines is 2. The van der Waals surface area contributed by atoms with Crippen LogP contribution in [-0.4, -0.2) is 46.1 Å². The molecule has 1 fully saturated rings. The van der Waals surface area contributed by atoms with Gasteiger partial charge in [-0.2, -0.15) is 15.1 Å². The molecule has 0 atom stereocenters. The first kappa shape index (κ1) is 15.0. The normalized spacial score (nSPS) is 16.1. The average Bonchev–Trinajstić information content (AvgIpc) is 2.91. The number of nitrogens with one attached hydrogen (secondary N) is 2. The number of methoxy groups -OCH3 is 1. The molecule has 0 unspecified atom stereocenters. The lowest BCUT2D eigenvalue weighted by Gasteiger charge is -2.23. The molecule has 0 amide bonds. The predicted octanol–water partition coefficient (Wildman–Crippen LogP) is 2.17. The second-order valence-electron chi connectivity index (χ2n) is 5.80. The van der Waals surface area contributed by atoms with Crippen LogP contribution in [0, 0.1) is 0 Å². The van der Waals surface area contributed by atoms with Gasteiger partial charge in [-0.15, -0.1) is 0 Å². The summed E-state index contributed by atoms with van der Waals surface area (Å²) in [5.74, 6) is 1.50. The molecule has 7 heteroatoms. The molecule has 2 N–H and O–H groups in total. The molecule has 1 aliphatic carbocycles. The maximum atomic E-state index is 5.06. The molecule has 1 aliphatic rings. The fourth-order valence-corrected chi connectivity index (χ4v) is 2.92. The molecule has 120 valence electrons. The summed E-state index contributed by atoms with van der Waals surface area (Å²) >= 11 is 0. The number of hydrogen-bond donors (Lipinski definition) is 2. The van der Waals surface area contributed by atoms with Crippen LogP contribution in [0.5, 0.6) is 0 Å². The van der Waals surface area contributed by atoms with E-state index in [1.165, 1.54) is 32.1 Å². The number of fused-ring (bicyclic) bond motifs is 1. The number of aromatic nitrogens is 4. The third kappa shape index (κ3) is 3.30. The SMILES string of the molecule is COCCNc1nc(NC2CCCCC2)c2cnn(C)c2n1. The van der Waals surface area contributed by atoms with E-state index in [0.29, 0.717) is 25.1 Å². The number of rotatable bonds is 6. The highest BCUT2D eigenvalue weighted by Gasteiger charge is 2.17. The van der Waals surface area contributed by atoms with Crippen molar-refractivity contribution < 1.29 is 4.74 Å². The molecule has 0 spiro atoms. The van der Waals surface area contributed by atoms with Crippen LogP contribution in [0.25, 0.3) is 11.0 Å². The fourth-order valence-electron chi connectivity index (χ4n) is 2.92. The molecular weight excluding hydrogens is 280 g/mol. The quantitative estimate of drug-likeness (QED) is 0.797. The summed E-state index contributed by atoms with van der Waals surface area (Å²) in [7, 11) is 3.58. The summed E-state index contributed by atoms with van der Waals surface area (Å²) in [5, 5.41) is 12.1. The lowest BCUT2D eigenvalue weighted by molar-refractivity contribution is 0.210. The summed E-state index contributed by atoms with van der Waals surface area (Å²) in [6.07, 6.45) is 8.17. The zero-order valence-electron chi connectivity index (χ0n) is 13.3.